The van der Waals surface area contributed by atoms with Crippen LogP contribution in [-0.2, 0) is 0 Å². The lowest BCUT2D eigenvalue weighted by atomic mass is 9.83. The van der Waals surface area contributed by atoms with Gasteiger partial charge in [0, 0.05) is 16.2 Å². The molecule has 0 saturated heterocycles. The van der Waals surface area contributed by atoms with Crippen LogP contribution in [0.3, 0.4) is 0 Å². The zero-order valence-corrected chi connectivity index (χ0v) is 25.6. The molecule has 10 rings (SSSR count). The van der Waals surface area contributed by atoms with E-state index < -0.39 is 0 Å². The molecule has 0 saturated carbocycles. The number of benzene rings is 9. The third-order valence-electron chi connectivity index (χ3n) is 9.84. The first-order valence-electron chi connectivity index (χ1n) is 16.2. The summed E-state index contributed by atoms with van der Waals surface area (Å²) >= 11 is 0. The van der Waals surface area contributed by atoms with Gasteiger partial charge in [0.25, 0.3) is 0 Å². The molecule has 0 amide bonds. The van der Waals surface area contributed by atoms with Gasteiger partial charge in [0.1, 0.15) is 11.2 Å². The summed E-state index contributed by atoms with van der Waals surface area (Å²) in [5, 5.41) is 12.1. The van der Waals surface area contributed by atoms with Crippen molar-refractivity contribution in [3.63, 3.8) is 0 Å². The highest BCUT2D eigenvalue weighted by molar-refractivity contribution is 6.27. The molecule has 0 unspecified atom stereocenters. The number of hydrogen-bond acceptors (Lipinski definition) is 1. The van der Waals surface area contributed by atoms with Gasteiger partial charge in [-0.1, -0.05) is 152 Å². The first-order valence-corrected chi connectivity index (χ1v) is 16.2. The molecule has 1 heteroatoms. The number of hydrogen-bond donors (Lipinski definition) is 0. The van der Waals surface area contributed by atoms with Gasteiger partial charge in [0.2, 0.25) is 0 Å². The molecular weight excluding hydrogens is 569 g/mol. The van der Waals surface area contributed by atoms with Gasteiger partial charge < -0.3 is 4.42 Å². The molecule has 9 aromatic carbocycles. The van der Waals surface area contributed by atoms with Crippen molar-refractivity contribution in [3.05, 3.63) is 170 Å². The number of fused-ring (bicyclic) bond motifs is 8. The number of rotatable bonds is 3. The lowest BCUT2D eigenvalue weighted by molar-refractivity contribution is 0.673. The minimum Gasteiger partial charge on any atom is -0.455 e. The molecule has 0 fully saturated rings. The Morgan fingerprint density at radius 1 is 0.319 bits per heavy atom. The number of furan rings is 1. The molecule has 10 aromatic rings. The van der Waals surface area contributed by atoms with Gasteiger partial charge in [-0.2, -0.15) is 0 Å². The topological polar surface area (TPSA) is 13.1 Å². The van der Waals surface area contributed by atoms with E-state index in [4.69, 9.17) is 4.42 Å². The maximum atomic E-state index is 6.64. The second-order valence-corrected chi connectivity index (χ2v) is 12.4. The quantitative estimate of drug-likeness (QED) is 0.185. The Labute approximate surface area is 271 Å². The second-order valence-electron chi connectivity index (χ2n) is 12.4. The summed E-state index contributed by atoms with van der Waals surface area (Å²) in [6, 6.07) is 61.5. The predicted molar refractivity (Wildman–Crippen MR) is 200 cm³/mol. The van der Waals surface area contributed by atoms with E-state index in [0.29, 0.717) is 0 Å². The smallest absolute Gasteiger partial charge is 0.143 e. The Morgan fingerprint density at radius 2 is 0.851 bits per heavy atom. The first kappa shape index (κ1) is 26.1. The molecule has 0 radical (unpaired) electrons. The molecule has 1 aromatic heterocycles. The van der Waals surface area contributed by atoms with Crippen LogP contribution in [0.4, 0.5) is 0 Å². The zero-order chi connectivity index (χ0) is 30.9. The van der Waals surface area contributed by atoms with Crippen LogP contribution in [0.25, 0.3) is 98.4 Å². The van der Waals surface area contributed by atoms with Gasteiger partial charge in [0.15, 0.2) is 0 Å². The van der Waals surface area contributed by atoms with E-state index in [-0.39, 0.29) is 0 Å². The molecule has 0 aliphatic heterocycles. The monoisotopic (exact) mass is 596 g/mol. The molecule has 0 bridgehead atoms. The first-order chi connectivity index (χ1) is 23.3. The molecule has 0 aliphatic rings. The molecular formula is C46H28O. The maximum absolute atomic E-state index is 6.64. The Hall–Kier alpha value is -6.18. The summed E-state index contributed by atoms with van der Waals surface area (Å²) in [6.07, 6.45) is 0. The van der Waals surface area contributed by atoms with Crippen molar-refractivity contribution in [3.8, 4) is 33.4 Å². The molecule has 0 spiro atoms. The molecule has 1 nitrogen and oxygen atoms in total. The molecule has 218 valence electrons. The van der Waals surface area contributed by atoms with Crippen LogP contribution < -0.4 is 0 Å². The maximum Gasteiger partial charge on any atom is 0.143 e. The van der Waals surface area contributed by atoms with Crippen LogP contribution in [0, 0.1) is 0 Å². The Kier molecular flexibility index (Phi) is 5.64. The summed E-state index contributed by atoms with van der Waals surface area (Å²) in [5.41, 5.74) is 9.24. The van der Waals surface area contributed by atoms with E-state index in [0.717, 1.165) is 27.3 Å². The molecule has 1 heterocycles. The van der Waals surface area contributed by atoms with Gasteiger partial charge in [-0.25, -0.2) is 0 Å². The van der Waals surface area contributed by atoms with Crippen LogP contribution in [0.5, 0.6) is 0 Å². The largest absolute Gasteiger partial charge is 0.455 e. The van der Waals surface area contributed by atoms with E-state index in [1.54, 1.807) is 0 Å². The molecule has 47 heavy (non-hydrogen) atoms. The lowest BCUT2D eigenvalue weighted by Crippen LogP contribution is -1.93. The fourth-order valence-electron chi connectivity index (χ4n) is 7.78. The summed E-state index contributed by atoms with van der Waals surface area (Å²) in [5.74, 6) is 0. The van der Waals surface area contributed by atoms with Crippen LogP contribution in [-0.4, -0.2) is 0 Å². The highest BCUT2D eigenvalue weighted by atomic mass is 16.3. The summed E-state index contributed by atoms with van der Waals surface area (Å²) in [7, 11) is 0. The van der Waals surface area contributed by atoms with Crippen LogP contribution in [0.1, 0.15) is 0 Å². The van der Waals surface area contributed by atoms with Crippen LogP contribution in [0.15, 0.2) is 174 Å². The summed E-state index contributed by atoms with van der Waals surface area (Å²) < 4.78 is 6.64. The van der Waals surface area contributed by atoms with Crippen molar-refractivity contribution in [1.29, 1.82) is 0 Å². The fraction of sp³-hybridized carbons (Fsp3) is 0. The molecule has 0 N–H and O–H groups in total. The third-order valence-corrected chi connectivity index (χ3v) is 9.84. The highest BCUT2D eigenvalue weighted by Crippen LogP contribution is 2.48. The van der Waals surface area contributed by atoms with E-state index in [1.807, 2.05) is 0 Å². The minimum absolute atomic E-state index is 0.910. The van der Waals surface area contributed by atoms with Crippen LogP contribution in [0.2, 0.25) is 0 Å². The van der Waals surface area contributed by atoms with Crippen molar-refractivity contribution in [2.75, 3.05) is 0 Å². The third kappa shape index (κ3) is 3.90. The predicted octanol–water partition coefficient (Wildman–Crippen LogP) is 13.2. The van der Waals surface area contributed by atoms with Crippen molar-refractivity contribution < 1.29 is 4.42 Å². The van der Waals surface area contributed by atoms with Crippen molar-refractivity contribution in [2.45, 2.75) is 0 Å². The van der Waals surface area contributed by atoms with Gasteiger partial charge in [-0.3, -0.25) is 0 Å². The van der Waals surface area contributed by atoms with Gasteiger partial charge in [0.05, 0.1) is 0 Å². The van der Waals surface area contributed by atoms with E-state index in [2.05, 4.69) is 170 Å². The average molecular weight is 597 g/mol. The summed E-state index contributed by atoms with van der Waals surface area (Å²) in [4.78, 5) is 0. The summed E-state index contributed by atoms with van der Waals surface area (Å²) in [6.45, 7) is 0. The van der Waals surface area contributed by atoms with Gasteiger partial charge in [-0.15, -0.1) is 0 Å². The van der Waals surface area contributed by atoms with Gasteiger partial charge >= 0.3 is 0 Å². The van der Waals surface area contributed by atoms with Crippen molar-refractivity contribution in [2.24, 2.45) is 0 Å². The highest BCUT2D eigenvalue weighted by Gasteiger charge is 2.22. The van der Waals surface area contributed by atoms with Crippen molar-refractivity contribution >= 4 is 65.0 Å². The average Bonchev–Trinajstić information content (AvgIpc) is 3.53. The molecule has 0 aliphatic carbocycles. The standard InChI is InChI=1S/C46H28O/c1-2-14-31-28-32(25-24-29(31)12-1)33-15-5-6-17-35(33)43-36-18-7-9-20-38(36)44(39-21-10-8-19-37(39)43)40-22-11-23-42-45(40)41-27-26-30-13-3-4-16-34(30)46(41)47-42/h1-28H. The van der Waals surface area contributed by atoms with Crippen LogP contribution >= 0.6 is 0 Å². The van der Waals surface area contributed by atoms with E-state index in [9.17, 15) is 0 Å². The molecule has 0 atom stereocenters. The normalized spacial score (nSPS) is 11.8. The van der Waals surface area contributed by atoms with Gasteiger partial charge in [-0.05, 0) is 89.3 Å². The van der Waals surface area contributed by atoms with E-state index in [1.165, 1.54) is 71.1 Å². The van der Waals surface area contributed by atoms with Crippen molar-refractivity contribution in [1.82, 2.24) is 0 Å². The lowest BCUT2D eigenvalue weighted by Gasteiger charge is -2.20. The Bertz CT molecular complexity index is 2800. The Balaban J connectivity index is 1.31. The SMILES string of the molecule is c1ccc(-c2c3ccccc3c(-c3cccc4oc5c6ccccc6ccc5c34)c3ccccc23)c(-c2ccc3ccccc3c2)c1. The minimum atomic E-state index is 0.910. The zero-order valence-electron chi connectivity index (χ0n) is 25.6. The second kappa shape index (κ2) is 10.2. The van der Waals surface area contributed by atoms with E-state index >= 15 is 0 Å². The Morgan fingerprint density at radius 3 is 1.57 bits per heavy atom. The fourth-order valence-corrected chi connectivity index (χ4v) is 7.78.